The minimum absolute atomic E-state index is 0. The molecule has 2 aliphatic heterocycles. The predicted octanol–water partition coefficient (Wildman–Crippen LogP) is 2.03. The molecule has 1 aromatic rings. The van der Waals surface area contributed by atoms with Crippen LogP contribution in [0.2, 0.25) is 0 Å². The fraction of sp³-hybridized carbons (Fsp3) is 0.526. The Bertz CT molecular complexity index is 651. The number of fused-ring (bicyclic) bond motifs is 1. The molecule has 0 spiro atoms. The zero-order valence-electron chi connectivity index (χ0n) is 15.3. The summed E-state index contributed by atoms with van der Waals surface area (Å²) in [6, 6.07) is 5.59. The van der Waals surface area contributed by atoms with Crippen molar-refractivity contribution in [2.45, 2.75) is 12.8 Å². The number of nitrogens with one attached hydrogen (secondary N) is 2. The van der Waals surface area contributed by atoms with E-state index in [-0.39, 0.29) is 30.3 Å². The first-order valence-electron chi connectivity index (χ1n) is 8.65. The Morgan fingerprint density at radius 2 is 2.08 bits per heavy atom. The lowest BCUT2D eigenvalue weighted by molar-refractivity contribution is -0.118. The van der Waals surface area contributed by atoms with Gasteiger partial charge >= 0.3 is 0 Å². The molecule has 0 aromatic heterocycles. The van der Waals surface area contributed by atoms with Gasteiger partial charge in [-0.2, -0.15) is 0 Å². The summed E-state index contributed by atoms with van der Waals surface area (Å²) in [6.07, 6.45) is 3.87. The summed E-state index contributed by atoms with van der Waals surface area (Å²) in [5, 5.41) is 6.44. The van der Waals surface area contributed by atoms with Gasteiger partial charge in [0.2, 0.25) is 0 Å². The molecular formula is C19H27ClN2O4. The average molecular weight is 383 g/mol. The monoisotopic (exact) mass is 382 g/mol. The van der Waals surface area contributed by atoms with Crippen LogP contribution in [0.3, 0.4) is 0 Å². The van der Waals surface area contributed by atoms with Crippen molar-refractivity contribution in [1.29, 1.82) is 0 Å². The van der Waals surface area contributed by atoms with Crippen LogP contribution in [0.25, 0.3) is 6.08 Å². The van der Waals surface area contributed by atoms with Gasteiger partial charge < -0.3 is 24.8 Å². The number of ether oxygens (including phenoxy) is 3. The van der Waals surface area contributed by atoms with Crippen LogP contribution in [-0.4, -0.2) is 53.0 Å². The van der Waals surface area contributed by atoms with Crippen molar-refractivity contribution in [3.05, 3.63) is 29.3 Å². The highest BCUT2D eigenvalue weighted by Crippen LogP contribution is 2.31. The lowest BCUT2D eigenvalue weighted by atomic mass is 9.79. The molecule has 6 nitrogen and oxygen atoms in total. The van der Waals surface area contributed by atoms with E-state index >= 15 is 0 Å². The fourth-order valence-electron chi connectivity index (χ4n) is 3.43. The molecule has 7 heteroatoms. The van der Waals surface area contributed by atoms with Gasteiger partial charge in [0.15, 0.2) is 0 Å². The molecule has 1 saturated heterocycles. The van der Waals surface area contributed by atoms with Crippen LogP contribution in [0.5, 0.6) is 11.5 Å². The number of methoxy groups -OCH3 is 2. The summed E-state index contributed by atoms with van der Waals surface area (Å²) >= 11 is 0. The van der Waals surface area contributed by atoms with Gasteiger partial charge in [-0.05, 0) is 50.2 Å². The highest BCUT2D eigenvalue weighted by Gasteiger charge is 2.33. The Morgan fingerprint density at radius 1 is 1.31 bits per heavy atom. The van der Waals surface area contributed by atoms with Gasteiger partial charge in [-0.25, -0.2) is 0 Å². The molecule has 144 valence electrons. The topological polar surface area (TPSA) is 68.8 Å². The second kappa shape index (κ2) is 9.26. The molecule has 1 fully saturated rings. The molecular weight excluding hydrogens is 356 g/mol. The molecule has 2 aliphatic rings. The standard InChI is InChI=1S/C19H26N2O4.ClH/c1-23-13-19(5-7-20-8-6-19)12-21-18(22)15-9-14-10-16(24-2)3-4-17(14)25-11-15;/h3-4,9-10,20H,5-8,11-13H2,1-2H3,(H,21,22);1H. The molecule has 2 N–H and O–H groups in total. The van der Waals surface area contributed by atoms with Crippen LogP contribution < -0.4 is 20.1 Å². The zero-order chi connectivity index (χ0) is 17.7. The maximum absolute atomic E-state index is 12.6. The third-order valence-electron chi connectivity index (χ3n) is 4.96. The first-order valence-corrected chi connectivity index (χ1v) is 8.65. The Balaban J connectivity index is 0.00000243. The Hall–Kier alpha value is -1.76. The Kier molecular flexibility index (Phi) is 7.32. The van der Waals surface area contributed by atoms with Crippen LogP contribution in [0, 0.1) is 5.41 Å². The van der Waals surface area contributed by atoms with E-state index in [0.29, 0.717) is 18.7 Å². The number of amides is 1. The van der Waals surface area contributed by atoms with Crippen LogP contribution in [0.1, 0.15) is 18.4 Å². The largest absolute Gasteiger partial charge is 0.497 e. The number of piperidine rings is 1. The highest BCUT2D eigenvalue weighted by molar-refractivity contribution is 5.99. The van der Waals surface area contributed by atoms with E-state index in [9.17, 15) is 4.79 Å². The normalized spacial score (nSPS) is 17.8. The van der Waals surface area contributed by atoms with E-state index in [0.717, 1.165) is 43.0 Å². The summed E-state index contributed by atoms with van der Waals surface area (Å²) in [5.41, 5.74) is 1.50. The van der Waals surface area contributed by atoms with E-state index in [2.05, 4.69) is 10.6 Å². The number of carbonyl (C=O) groups is 1. The molecule has 0 unspecified atom stereocenters. The van der Waals surface area contributed by atoms with E-state index in [1.807, 2.05) is 24.3 Å². The van der Waals surface area contributed by atoms with Crippen molar-refractivity contribution in [2.24, 2.45) is 5.41 Å². The molecule has 0 saturated carbocycles. The average Bonchev–Trinajstić information content (AvgIpc) is 2.66. The molecule has 1 aromatic carbocycles. The minimum Gasteiger partial charge on any atom is -0.497 e. The number of rotatable bonds is 6. The first kappa shape index (κ1) is 20.6. The third kappa shape index (κ3) is 4.69. The molecule has 3 rings (SSSR count). The number of halogens is 1. The zero-order valence-corrected chi connectivity index (χ0v) is 16.1. The van der Waals surface area contributed by atoms with Crippen LogP contribution in [0.15, 0.2) is 23.8 Å². The number of hydrogen-bond donors (Lipinski definition) is 2. The molecule has 1 amide bonds. The molecule has 26 heavy (non-hydrogen) atoms. The minimum atomic E-state index is -0.0810. The summed E-state index contributed by atoms with van der Waals surface area (Å²) in [4.78, 5) is 12.6. The molecule has 0 bridgehead atoms. The van der Waals surface area contributed by atoms with Gasteiger partial charge in [0.1, 0.15) is 18.1 Å². The summed E-state index contributed by atoms with van der Waals surface area (Å²) in [6.45, 7) is 3.47. The van der Waals surface area contributed by atoms with Gasteiger partial charge in [0.25, 0.3) is 5.91 Å². The van der Waals surface area contributed by atoms with Gasteiger partial charge in [0, 0.05) is 24.6 Å². The highest BCUT2D eigenvalue weighted by atomic mass is 35.5. The maximum Gasteiger partial charge on any atom is 0.250 e. The van der Waals surface area contributed by atoms with Crippen molar-refractivity contribution >= 4 is 24.4 Å². The lowest BCUT2D eigenvalue weighted by Gasteiger charge is -2.37. The summed E-state index contributed by atoms with van der Waals surface area (Å²) in [5.74, 6) is 1.43. The maximum atomic E-state index is 12.6. The van der Waals surface area contributed by atoms with Crippen molar-refractivity contribution in [3.8, 4) is 11.5 Å². The second-order valence-electron chi connectivity index (χ2n) is 6.73. The van der Waals surface area contributed by atoms with Gasteiger partial charge in [-0.15, -0.1) is 12.4 Å². The summed E-state index contributed by atoms with van der Waals surface area (Å²) in [7, 11) is 3.34. The van der Waals surface area contributed by atoms with E-state index in [1.54, 1.807) is 14.2 Å². The van der Waals surface area contributed by atoms with E-state index in [1.165, 1.54) is 0 Å². The van der Waals surface area contributed by atoms with Gasteiger partial charge in [-0.3, -0.25) is 4.79 Å². The van der Waals surface area contributed by atoms with Gasteiger partial charge in [-0.1, -0.05) is 0 Å². The first-order chi connectivity index (χ1) is 12.2. The lowest BCUT2D eigenvalue weighted by Crippen LogP contribution is -2.47. The van der Waals surface area contributed by atoms with Crippen molar-refractivity contribution in [1.82, 2.24) is 10.6 Å². The second-order valence-corrected chi connectivity index (χ2v) is 6.73. The fourth-order valence-corrected chi connectivity index (χ4v) is 3.43. The van der Waals surface area contributed by atoms with Crippen molar-refractivity contribution in [3.63, 3.8) is 0 Å². The molecule has 0 radical (unpaired) electrons. The third-order valence-corrected chi connectivity index (χ3v) is 4.96. The summed E-state index contributed by atoms with van der Waals surface area (Å²) < 4.78 is 16.3. The Labute approximate surface area is 160 Å². The molecule has 0 atom stereocenters. The Morgan fingerprint density at radius 3 is 2.77 bits per heavy atom. The number of benzene rings is 1. The smallest absolute Gasteiger partial charge is 0.250 e. The van der Waals surface area contributed by atoms with Crippen LogP contribution in [0.4, 0.5) is 0 Å². The van der Waals surface area contributed by atoms with Crippen molar-refractivity contribution < 1.29 is 19.0 Å². The quantitative estimate of drug-likeness (QED) is 0.787. The van der Waals surface area contributed by atoms with Crippen LogP contribution in [-0.2, 0) is 9.53 Å². The number of hydrogen-bond acceptors (Lipinski definition) is 5. The predicted molar refractivity (Wildman–Crippen MR) is 103 cm³/mol. The number of carbonyl (C=O) groups excluding carboxylic acids is 1. The molecule has 0 aliphatic carbocycles. The van der Waals surface area contributed by atoms with Crippen LogP contribution >= 0.6 is 12.4 Å². The SMILES string of the molecule is COCC1(CNC(=O)C2=Cc3cc(OC)ccc3OC2)CCNCC1.Cl. The van der Waals surface area contributed by atoms with E-state index in [4.69, 9.17) is 14.2 Å². The molecule has 2 heterocycles. The van der Waals surface area contributed by atoms with Crippen molar-refractivity contribution in [2.75, 3.05) is 47.1 Å². The van der Waals surface area contributed by atoms with E-state index < -0.39 is 0 Å². The van der Waals surface area contributed by atoms with Gasteiger partial charge in [0.05, 0.1) is 19.3 Å².